The SMILES string of the molecule is C=CC=C(C=C)OCc1ccc(OCC(=N)c2ccc(C#N)cc2)cc1. The summed E-state index contributed by atoms with van der Waals surface area (Å²) in [5.74, 6) is 1.34. The lowest BCUT2D eigenvalue weighted by atomic mass is 10.1. The van der Waals surface area contributed by atoms with E-state index in [0.29, 0.717) is 29.4 Å². The van der Waals surface area contributed by atoms with E-state index in [0.717, 1.165) is 11.1 Å². The van der Waals surface area contributed by atoms with Gasteiger partial charge in [0.2, 0.25) is 0 Å². The van der Waals surface area contributed by atoms with Gasteiger partial charge in [-0.15, -0.1) is 0 Å². The Kier molecular flexibility index (Phi) is 6.96. The van der Waals surface area contributed by atoms with Crippen molar-refractivity contribution in [2.75, 3.05) is 6.61 Å². The molecule has 0 unspecified atom stereocenters. The predicted molar refractivity (Wildman–Crippen MR) is 103 cm³/mol. The van der Waals surface area contributed by atoms with Crippen molar-refractivity contribution in [2.24, 2.45) is 0 Å². The van der Waals surface area contributed by atoms with Crippen molar-refractivity contribution in [3.8, 4) is 11.8 Å². The lowest BCUT2D eigenvalue weighted by molar-refractivity contribution is 0.211. The Hall–Kier alpha value is -3.58. The second kappa shape index (κ2) is 9.65. The van der Waals surface area contributed by atoms with Gasteiger partial charge in [0, 0.05) is 0 Å². The molecule has 0 aromatic heterocycles. The molecule has 0 fully saturated rings. The smallest absolute Gasteiger partial charge is 0.130 e. The molecule has 0 heterocycles. The van der Waals surface area contributed by atoms with Crippen LogP contribution in [-0.4, -0.2) is 12.3 Å². The second-order valence-electron chi connectivity index (χ2n) is 5.40. The van der Waals surface area contributed by atoms with Crippen LogP contribution in [0.3, 0.4) is 0 Å². The van der Waals surface area contributed by atoms with E-state index in [1.807, 2.05) is 24.3 Å². The summed E-state index contributed by atoms with van der Waals surface area (Å²) in [7, 11) is 0. The first kappa shape index (κ1) is 18.8. The van der Waals surface area contributed by atoms with Crippen molar-refractivity contribution in [3.63, 3.8) is 0 Å². The molecule has 0 aliphatic heterocycles. The zero-order chi connectivity index (χ0) is 18.8. The van der Waals surface area contributed by atoms with E-state index in [1.165, 1.54) is 0 Å². The van der Waals surface area contributed by atoms with E-state index < -0.39 is 0 Å². The van der Waals surface area contributed by atoms with Crippen molar-refractivity contribution in [2.45, 2.75) is 6.61 Å². The Morgan fingerprint density at radius 1 is 1.08 bits per heavy atom. The minimum absolute atomic E-state index is 0.157. The van der Waals surface area contributed by atoms with Gasteiger partial charge < -0.3 is 14.9 Å². The highest BCUT2D eigenvalue weighted by molar-refractivity contribution is 5.99. The molecule has 0 atom stereocenters. The molecule has 130 valence electrons. The van der Waals surface area contributed by atoms with Crippen molar-refractivity contribution in [3.05, 3.63) is 102 Å². The summed E-state index contributed by atoms with van der Waals surface area (Å²) < 4.78 is 11.3. The number of benzene rings is 2. The molecule has 0 radical (unpaired) electrons. The monoisotopic (exact) mass is 344 g/mol. The summed E-state index contributed by atoms with van der Waals surface area (Å²) in [4.78, 5) is 0. The summed E-state index contributed by atoms with van der Waals surface area (Å²) >= 11 is 0. The Bertz CT molecular complexity index is 841. The number of nitrogens with one attached hydrogen (secondary N) is 1. The lowest BCUT2D eigenvalue weighted by Crippen LogP contribution is -2.11. The van der Waals surface area contributed by atoms with Crippen LogP contribution in [0.4, 0.5) is 0 Å². The number of ether oxygens (including phenoxy) is 2. The number of hydrogen-bond donors (Lipinski definition) is 1. The minimum atomic E-state index is 0.157. The number of nitrogens with zero attached hydrogens (tertiary/aromatic N) is 1. The Morgan fingerprint density at radius 2 is 1.77 bits per heavy atom. The molecule has 0 amide bonds. The second-order valence-corrected chi connectivity index (χ2v) is 5.40. The molecule has 0 spiro atoms. The summed E-state index contributed by atoms with van der Waals surface area (Å²) in [5.41, 5.74) is 2.66. The summed E-state index contributed by atoms with van der Waals surface area (Å²) in [5, 5.41) is 16.9. The van der Waals surface area contributed by atoms with Crippen molar-refractivity contribution < 1.29 is 9.47 Å². The van der Waals surface area contributed by atoms with E-state index in [9.17, 15) is 0 Å². The Balaban J connectivity index is 1.87. The van der Waals surface area contributed by atoms with Gasteiger partial charge in [-0.2, -0.15) is 5.26 Å². The van der Waals surface area contributed by atoms with Crippen LogP contribution in [0.5, 0.6) is 5.75 Å². The third kappa shape index (κ3) is 5.50. The standard InChI is InChI=1S/C22H20N2O2/c1-3-5-20(4-2)25-15-18-8-12-21(13-9-18)26-16-22(24)19-10-6-17(14-23)7-11-19/h3-13,24H,1-2,15-16H2. The molecule has 2 rings (SSSR count). The van der Waals surface area contributed by atoms with Crippen molar-refractivity contribution in [1.82, 2.24) is 0 Å². The Labute approximate surface area is 153 Å². The highest BCUT2D eigenvalue weighted by Crippen LogP contribution is 2.15. The number of nitriles is 1. The molecule has 0 aliphatic rings. The fraction of sp³-hybridized carbons (Fsp3) is 0.0909. The van der Waals surface area contributed by atoms with Crippen LogP contribution in [-0.2, 0) is 11.3 Å². The van der Waals surface area contributed by atoms with Crippen LogP contribution in [0.2, 0.25) is 0 Å². The fourth-order valence-electron chi connectivity index (χ4n) is 2.12. The van der Waals surface area contributed by atoms with E-state index in [-0.39, 0.29) is 6.61 Å². The van der Waals surface area contributed by atoms with Gasteiger partial charge in [0.15, 0.2) is 0 Å². The third-order valence-corrected chi connectivity index (χ3v) is 3.56. The van der Waals surface area contributed by atoms with Gasteiger partial charge in [0.1, 0.15) is 24.7 Å². The van der Waals surface area contributed by atoms with Gasteiger partial charge >= 0.3 is 0 Å². The molecular weight excluding hydrogens is 324 g/mol. The molecule has 2 aromatic rings. The first-order valence-electron chi connectivity index (χ1n) is 8.04. The van der Waals surface area contributed by atoms with Crippen molar-refractivity contribution >= 4 is 5.71 Å². The van der Waals surface area contributed by atoms with Crippen molar-refractivity contribution in [1.29, 1.82) is 10.7 Å². The van der Waals surface area contributed by atoms with Crippen LogP contribution >= 0.6 is 0 Å². The first-order valence-corrected chi connectivity index (χ1v) is 8.04. The molecule has 4 heteroatoms. The van der Waals surface area contributed by atoms with Crippen LogP contribution in [0, 0.1) is 16.7 Å². The number of hydrogen-bond acceptors (Lipinski definition) is 4. The average Bonchev–Trinajstić information content (AvgIpc) is 2.70. The normalized spacial score (nSPS) is 10.5. The molecule has 1 N–H and O–H groups in total. The zero-order valence-electron chi connectivity index (χ0n) is 14.4. The van der Waals surface area contributed by atoms with E-state index in [1.54, 1.807) is 42.5 Å². The minimum Gasteiger partial charge on any atom is -0.489 e. The fourth-order valence-corrected chi connectivity index (χ4v) is 2.12. The van der Waals surface area contributed by atoms with Crippen LogP contribution in [0.1, 0.15) is 16.7 Å². The summed E-state index contributed by atoms with van der Waals surface area (Å²) in [6.07, 6.45) is 5.03. The molecule has 4 nitrogen and oxygen atoms in total. The summed E-state index contributed by atoms with van der Waals surface area (Å²) in [6.45, 7) is 7.89. The predicted octanol–water partition coefficient (Wildman–Crippen LogP) is 4.78. The maximum Gasteiger partial charge on any atom is 0.130 e. The molecule has 0 saturated heterocycles. The van der Waals surface area contributed by atoms with Gasteiger partial charge in [-0.1, -0.05) is 43.5 Å². The topological polar surface area (TPSA) is 66.1 Å². The third-order valence-electron chi connectivity index (χ3n) is 3.56. The zero-order valence-corrected chi connectivity index (χ0v) is 14.4. The quantitative estimate of drug-likeness (QED) is 0.404. The largest absolute Gasteiger partial charge is 0.489 e. The maximum absolute atomic E-state index is 8.80. The average molecular weight is 344 g/mol. The Morgan fingerprint density at radius 3 is 2.35 bits per heavy atom. The van der Waals surface area contributed by atoms with E-state index in [4.69, 9.17) is 20.1 Å². The molecule has 0 bridgehead atoms. The van der Waals surface area contributed by atoms with Crippen LogP contribution in [0.25, 0.3) is 0 Å². The van der Waals surface area contributed by atoms with Gasteiger partial charge in [-0.3, -0.25) is 0 Å². The molecular formula is C22H20N2O2. The van der Waals surface area contributed by atoms with Crippen LogP contribution in [0.15, 0.2) is 85.7 Å². The van der Waals surface area contributed by atoms with E-state index >= 15 is 0 Å². The summed E-state index contributed by atoms with van der Waals surface area (Å²) in [6, 6.07) is 16.4. The van der Waals surface area contributed by atoms with E-state index in [2.05, 4.69) is 19.2 Å². The molecule has 0 aliphatic carbocycles. The lowest BCUT2D eigenvalue weighted by Gasteiger charge is -2.10. The van der Waals surface area contributed by atoms with Crippen LogP contribution < -0.4 is 4.74 Å². The molecule has 2 aromatic carbocycles. The molecule has 26 heavy (non-hydrogen) atoms. The highest BCUT2D eigenvalue weighted by Gasteiger charge is 2.04. The molecule has 0 saturated carbocycles. The highest BCUT2D eigenvalue weighted by atomic mass is 16.5. The maximum atomic E-state index is 8.80. The van der Waals surface area contributed by atoms with Gasteiger partial charge in [0.05, 0.1) is 17.3 Å². The van der Waals surface area contributed by atoms with Gasteiger partial charge in [0.25, 0.3) is 0 Å². The number of allylic oxidation sites excluding steroid dienone is 3. The number of rotatable bonds is 9. The van der Waals surface area contributed by atoms with Gasteiger partial charge in [-0.05, 0) is 47.5 Å². The van der Waals surface area contributed by atoms with Gasteiger partial charge in [-0.25, -0.2) is 0 Å². The first-order chi connectivity index (χ1) is 12.7.